The topological polar surface area (TPSA) is 83.8 Å². The van der Waals surface area contributed by atoms with E-state index in [9.17, 15) is 9.59 Å². The average molecular weight is 186 g/mol. The minimum Gasteiger partial charge on any atom is -0.478 e. The van der Waals surface area contributed by atoms with Crippen LogP contribution in [0.5, 0.6) is 0 Å². The van der Waals surface area contributed by atoms with E-state index in [1.165, 1.54) is 6.08 Å². The molecule has 5 heteroatoms. The highest BCUT2D eigenvalue weighted by Crippen LogP contribution is 2.01. The van der Waals surface area contributed by atoms with E-state index in [1.807, 2.05) is 0 Å². The summed E-state index contributed by atoms with van der Waals surface area (Å²) in [4.78, 5) is 20.8. The van der Waals surface area contributed by atoms with Gasteiger partial charge in [0.15, 0.2) is 6.79 Å². The van der Waals surface area contributed by atoms with Crippen molar-refractivity contribution in [3.8, 4) is 0 Å². The summed E-state index contributed by atoms with van der Waals surface area (Å²) in [7, 11) is 0. The quantitative estimate of drug-likeness (QED) is 0.360. The Bertz CT molecular complexity index is 241. The number of esters is 1. The Hall–Kier alpha value is -1.62. The van der Waals surface area contributed by atoms with Gasteiger partial charge in [-0.05, 0) is 6.42 Å². The van der Waals surface area contributed by atoms with E-state index in [1.54, 1.807) is 0 Å². The second-order valence-electron chi connectivity index (χ2n) is 2.11. The molecule has 0 rings (SSSR count). The van der Waals surface area contributed by atoms with E-state index in [0.717, 1.165) is 6.08 Å². The highest BCUT2D eigenvalue weighted by Gasteiger charge is 2.05. The molecule has 13 heavy (non-hydrogen) atoms. The minimum atomic E-state index is -1.09. The first kappa shape index (κ1) is 11.4. The number of rotatable bonds is 5. The molecule has 0 aliphatic heterocycles. The summed E-state index contributed by atoms with van der Waals surface area (Å²) in [6.07, 6.45) is 2.26. The smallest absolute Gasteiger partial charge is 0.335 e. The molecule has 0 bridgehead atoms. The first-order chi connectivity index (χ1) is 6.07. The van der Waals surface area contributed by atoms with Gasteiger partial charge in [0.2, 0.25) is 0 Å². The Morgan fingerprint density at radius 2 is 2.08 bits per heavy atom. The van der Waals surface area contributed by atoms with Gasteiger partial charge in [-0.1, -0.05) is 12.7 Å². The van der Waals surface area contributed by atoms with E-state index in [4.69, 9.17) is 10.2 Å². The molecule has 0 spiro atoms. The molecule has 0 heterocycles. The number of carboxylic acid groups (broad SMARTS) is 1. The normalized spacial score (nSPS) is 9.92. The number of carbonyl (C=O) groups excluding carboxylic acids is 1. The molecule has 0 saturated heterocycles. The van der Waals surface area contributed by atoms with Crippen LogP contribution in [-0.2, 0) is 14.3 Å². The van der Waals surface area contributed by atoms with E-state index >= 15 is 0 Å². The van der Waals surface area contributed by atoms with Crippen molar-refractivity contribution in [2.45, 2.75) is 6.42 Å². The summed E-state index contributed by atoms with van der Waals surface area (Å²) in [5.41, 5.74) is 0.0894. The molecule has 0 aromatic heterocycles. The van der Waals surface area contributed by atoms with Gasteiger partial charge in [-0.2, -0.15) is 0 Å². The molecule has 0 radical (unpaired) electrons. The predicted octanol–water partition coefficient (Wildman–Crippen LogP) is 0.0665. The van der Waals surface area contributed by atoms with Gasteiger partial charge >= 0.3 is 11.9 Å². The van der Waals surface area contributed by atoms with Crippen molar-refractivity contribution in [3.05, 3.63) is 24.3 Å². The zero-order valence-corrected chi connectivity index (χ0v) is 6.90. The third kappa shape index (κ3) is 5.63. The molecule has 0 aromatic rings. The van der Waals surface area contributed by atoms with Gasteiger partial charge in [0.1, 0.15) is 0 Å². The third-order valence-electron chi connectivity index (χ3n) is 1.11. The average Bonchev–Trinajstić information content (AvgIpc) is 2.04. The summed E-state index contributed by atoms with van der Waals surface area (Å²) < 4.78 is 4.20. The maximum absolute atomic E-state index is 10.8. The molecular weight excluding hydrogens is 176 g/mol. The number of hydrogen-bond acceptors (Lipinski definition) is 4. The van der Waals surface area contributed by atoms with Crippen LogP contribution in [0.1, 0.15) is 6.42 Å². The largest absolute Gasteiger partial charge is 0.478 e. The maximum Gasteiger partial charge on any atom is 0.335 e. The molecular formula is C8H10O5. The SMILES string of the molecule is C=C(CC=CC(=O)O)C(=O)OCO. The van der Waals surface area contributed by atoms with Gasteiger partial charge in [-0.3, -0.25) is 0 Å². The Morgan fingerprint density at radius 1 is 1.46 bits per heavy atom. The van der Waals surface area contributed by atoms with Gasteiger partial charge in [-0.25, -0.2) is 9.59 Å². The van der Waals surface area contributed by atoms with Crippen LogP contribution in [0.4, 0.5) is 0 Å². The summed E-state index contributed by atoms with van der Waals surface area (Å²) >= 11 is 0. The lowest BCUT2D eigenvalue weighted by Crippen LogP contribution is -2.07. The lowest BCUT2D eigenvalue weighted by Gasteiger charge is -2.00. The second-order valence-corrected chi connectivity index (χ2v) is 2.11. The number of aliphatic hydroxyl groups excluding tert-OH is 1. The van der Waals surface area contributed by atoms with Crippen LogP contribution in [0, 0.1) is 0 Å². The number of carbonyl (C=O) groups is 2. The van der Waals surface area contributed by atoms with Crippen molar-refractivity contribution in [2.24, 2.45) is 0 Å². The molecule has 0 aliphatic carbocycles. The first-order valence-electron chi connectivity index (χ1n) is 3.43. The lowest BCUT2D eigenvalue weighted by atomic mass is 10.2. The van der Waals surface area contributed by atoms with Gasteiger partial charge in [0, 0.05) is 11.6 Å². The number of ether oxygens (including phenoxy) is 1. The molecule has 0 fully saturated rings. The highest BCUT2D eigenvalue weighted by molar-refractivity contribution is 5.88. The van der Waals surface area contributed by atoms with E-state index < -0.39 is 18.7 Å². The van der Waals surface area contributed by atoms with Crippen molar-refractivity contribution in [3.63, 3.8) is 0 Å². The molecule has 0 atom stereocenters. The summed E-state index contributed by atoms with van der Waals surface area (Å²) in [6.45, 7) is 2.63. The Kier molecular flexibility index (Phi) is 5.22. The van der Waals surface area contributed by atoms with Crippen LogP contribution in [0.25, 0.3) is 0 Å². The minimum absolute atomic E-state index is 0.0884. The Labute approximate surface area is 74.9 Å². The highest BCUT2D eigenvalue weighted by atomic mass is 16.6. The zero-order chi connectivity index (χ0) is 10.3. The first-order valence-corrected chi connectivity index (χ1v) is 3.43. The number of aliphatic hydroxyl groups is 1. The van der Waals surface area contributed by atoms with Gasteiger partial charge in [-0.15, -0.1) is 0 Å². The fourth-order valence-electron chi connectivity index (χ4n) is 0.546. The number of carboxylic acids is 1. The van der Waals surface area contributed by atoms with Crippen LogP contribution >= 0.6 is 0 Å². The molecule has 0 aliphatic rings. The Balaban J connectivity index is 3.87. The van der Waals surface area contributed by atoms with E-state index in [2.05, 4.69) is 11.3 Å². The predicted molar refractivity (Wildman–Crippen MR) is 43.7 cm³/mol. The number of allylic oxidation sites excluding steroid dienone is 1. The fourth-order valence-corrected chi connectivity index (χ4v) is 0.546. The second kappa shape index (κ2) is 5.96. The molecule has 0 unspecified atom stereocenters. The molecule has 72 valence electrons. The third-order valence-corrected chi connectivity index (χ3v) is 1.11. The van der Waals surface area contributed by atoms with Crippen LogP contribution in [0.2, 0.25) is 0 Å². The van der Waals surface area contributed by atoms with Gasteiger partial charge < -0.3 is 14.9 Å². The standard InChI is InChI=1S/C8H10O5/c1-6(8(12)13-5-9)3-2-4-7(10)11/h2,4,9H,1,3,5H2,(H,10,11). The van der Waals surface area contributed by atoms with Crippen LogP contribution in [0.15, 0.2) is 24.3 Å². The number of aliphatic carboxylic acids is 1. The monoisotopic (exact) mass is 186 g/mol. The van der Waals surface area contributed by atoms with Crippen LogP contribution in [0.3, 0.4) is 0 Å². The summed E-state index contributed by atoms with van der Waals surface area (Å²) in [5, 5.41) is 16.4. The van der Waals surface area contributed by atoms with Crippen LogP contribution < -0.4 is 0 Å². The van der Waals surface area contributed by atoms with Crippen molar-refractivity contribution in [1.29, 1.82) is 0 Å². The fraction of sp³-hybridized carbons (Fsp3) is 0.250. The molecule has 0 aromatic carbocycles. The number of hydrogen-bond donors (Lipinski definition) is 2. The lowest BCUT2D eigenvalue weighted by molar-refractivity contribution is -0.147. The molecule has 0 amide bonds. The van der Waals surface area contributed by atoms with Crippen LogP contribution in [-0.4, -0.2) is 28.9 Å². The van der Waals surface area contributed by atoms with Crippen molar-refractivity contribution in [1.82, 2.24) is 0 Å². The van der Waals surface area contributed by atoms with Crippen molar-refractivity contribution in [2.75, 3.05) is 6.79 Å². The molecule has 0 saturated carbocycles. The molecule has 5 nitrogen and oxygen atoms in total. The van der Waals surface area contributed by atoms with E-state index in [-0.39, 0.29) is 12.0 Å². The summed E-state index contributed by atoms with van der Waals surface area (Å²) in [5.74, 6) is -1.83. The Morgan fingerprint density at radius 3 is 2.54 bits per heavy atom. The van der Waals surface area contributed by atoms with Crippen molar-refractivity contribution >= 4 is 11.9 Å². The van der Waals surface area contributed by atoms with E-state index in [0.29, 0.717) is 0 Å². The summed E-state index contributed by atoms with van der Waals surface area (Å²) in [6, 6.07) is 0. The molecule has 2 N–H and O–H groups in total. The van der Waals surface area contributed by atoms with Crippen molar-refractivity contribution < 1.29 is 24.5 Å². The van der Waals surface area contributed by atoms with Gasteiger partial charge in [0.25, 0.3) is 0 Å². The maximum atomic E-state index is 10.8. The zero-order valence-electron chi connectivity index (χ0n) is 6.90. The van der Waals surface area contributed by atoms with Gasteiger partial charge in [0.05, 0.1) is 0 Å².